The van der Waals surface area contributed by atoms with Crippen LogP contribution < -0.4 is 4.90 Å². The van der Waals surface area contributed by atoms with Crippen molar-refractivity contribution in [3.05, 3.63) is 17.0 Å². The van der Waals surface area contributed by atoms with Crippen molar-refractivity contribution >= 4 is 17.4 Å². The Kier molecular flexibility index (Phi) is 4.74. The average Bonchev–Trinajstić information content (AvgIpc) is 2.41. The van der Waals surface area contributed by atoms with Crippen molar-refractivity contribution < 1.29 is 9.84 Å². The van der Waals surface area contributed by atoms with Gasteiger partial charge < -0.3 is 14.7 Å². The highest BCUT2D eigenvalue weighted by Gasteiger charge is 2.26. The number of hydrogen-bond donors (Lipinski definition) is 1. The molecule has 1 aromatic heterocycles. The lowest BCUT2D eigenvalue weighted by molar-refractivity contribution is 0.0722. The minimum Gasteiger partial charge on any atom is -0.394 e. The van der Waals surface area contributed by atoms with Crippen molar-refractivity contribution in [2.24, 2.45) is 0 Å². The van der Waals surface area contributed by atoms with Gasteiger partial charge in [-0.25, -0.2) is 9.97 Å². The minimum atomic E-state index is -0.0553. The van der Waals surface area contributed by atoms with E-state index in [1.807, 2.05) is 0 Å². The lowest BCUT2D eigenvalue weighted by atomic mass is 10.1. The van der Waals surface area contributed by atoms with Gasteiger partial charge in [0.1, 0.15) is 17.3 Å². The molecule has 0 aliphatic carbocycles. The molecule has 1 atom stereocenters. The van der Waals surface area contributed by atoms with Crippen molar-refractivity contribution in [3.8, 4) is 0 Å². The van der Waals surface area contributed by atoms with Crippen LogP contribution in [0, 0.1) is 0 Å². The summed E-state index contributed by atoms with van der Waals surface area (Å²) in [6.07, 6.45) is 3.29. The maximum Gasteiger partial charge on any atom is 0.137 e. The molecule has 0 amide bonds. The predicted octanol–water partition coefficient (Wildman–Crippen LogP) is 1.28. The fraction of sp³-hybridized carbons (Fsp3) is 0.667. The van der Waals surface area contributed by atoms with E-state index < -0.39 is 0 Å². The molecule has 0 saturated carbocycles. The number of morpholine rings is 1. The Morgan fingerprint density at radius 2 is 2.39 bits per heavy atom. The third-order valence-electron chi connectivity index (χ3n) is 3.08. The number of anilines is 1. The van der Waals surface area contributed by atoms with Crippen LogP contribution in [0.25, 0.3) is 0 Å². The number of halogens is 1. The molecular weight excluding hydrogens is 254 g/mol. The second kappa shape index (κ2) is 6.31. The van der Waals surface area contributed by atoms with Crippen LogP contribution in [-0.2, 0) is 11.2 Å². The predicted molar refractivity (Wildman–Crippen MR) is 70.1 cm³/mol. The van der Waals surface area contributed by atoms with Crippen LogP contribution in [-0.4, -0.2) is 47.5 Å². The average molecular weight is 272 g/mol. The van der Waals surface area contributed by atoms with Crippen molar-refractivity contribution in [3.63, 3.8) is 0 Å². The first-order valence-corrected chi connectivity index (χ1v) is 6.60. The Morgan fingerprint density at radius 3 is 3.11 bits per heavy atom. The van der Waals surface area contributed by atoms with Gasteiger partial charge in [0.05, 0.1) is 25.9 Å². The zero-order valence-corrected chi connectivity index (χ0v) is 11.2. The number of rotatable bonds is 4. The van der Waals surface area contributed by atoms with E-state index in [0.29, 0.717) is 18.4 Å². The summed E-state index contributed by atoms with van der Waals surface area (Å²) < 4.78 is 5.38. The summed E-state index contributed by atoms with van der Waals surface area (Å²) in [4.78, 5) is 10.5. The minimum absolute atomic E-state index is 0.0488. The quantitative estimate of drug-likeness (QED) is 0.836. The molecule has 0 radical (unpaired) electrons. The molecule has 1 aromatic rings. The molecule has 2 heterocycles. The maximum atomic E-state index is 9.41. The smallest absolute Gasteiger partial charge is 0.137 e. The first-order valence-electron chi connectivity index (χ1n) is 6.22. The second-order valence-corrected chi connectivity index (χ2v) is 4.68. The molecular formula is C12H18ClN3O2. The molecule has 5 nitrogen and oxygen atoms in total. The normalized spacial score (nSPS) is 20.2. The molecule has 0 aromatic carbocycles. The summed E-state index contributed by atoms with van der Waals surface area (Å²) in [6, 6.07) is -0.0553. The topological polar surface area (TPSA) is 58.5 Å². The van der Waals surface area contributed by atoms with E-state index in [9.17, 15) is 5.11 Å². The van der Waals surface area contributed by atoms with Gasteiger partial charge in [-0.2, -0.15) is 0 Å². The third-order valence-corrected chi connectivity index (χ3v) is 3.41. The number of aliphatic hydroxyl groups excluding tert-OH is 1. The van der Waals surface area contributed by atoms with Crippen LogP contribution in [0.5, 0.6) is 0 Å². The Balaban J connectivity index is 2.33. The third kappa shape index (κ3) is 2.74. The van der Waals surface area contributed by atoms with Gasteiger partial charge in [-0.3, -0.25) is 0 Å². The summed E-state index contributed by atoms with van der Waals surface area (Å²) in [5.74, 6) is 0.833. The lowest BCUT2D eigenvalue weighted by Crippen LogP contribution is -2.48. The van der Waals surface area contributed by atoms with Gasteiger partial charge >= 0.3 is 0 Å². The van der Waals surface area contributed by atoms with E-state index in [1.165, 1.54) is 6.33 Å². The van der Waals surface area contributed by atoms with Crippen LogP contribution in [0.2, 0.25) is 5.15 Å². The highest BCUT2D eigenvalue weighted by molar-refractivity contribution is 6.30. The number of aromatic nitrogens is 2. The highest BCUT2D eigenvalue weighted by Crippen LogP contribution is 2.27. The highest BCUT2D eigenvalue weighted by atomic mass is 35.5. The van der Waals surface area contributed by atoms with Crippen molar-refractivity contribution in [1.29, 1.82) is 0 Å². The summed E-state index contributed by atoms with van der Waals surface area (Å²) in [7, 11) is 0. The van der Waals surface area contributed by atoms with Gasteiger partial charge in [0.25, 0.3) is 0 Å². The molecule has 0 spiro atoms. The summed E-state index contributed by atoms with van der Waals surface area (Å²) in [5.41, 5.74) is 0.960. The number of ether oxygens (including phenoxy) is 1. The van der Waals surface area contributed by atoms with Gasteiger partial charge in [0.2, 0.25) is 0 Å². The Hall–Kier alpha value is -0.910. The SMILES string of the molecule is CCCc1c(Cl)ncnc1N1CCOCC1CO. The molecule has 2 rings (SSSR count). The van der Waals surface area contributed by atoms with Crippen LogP contribution in [0.4, 0.5) is 5.82 Å². The van der Waals surface area contributed by atoms with Crippen LogP contribution >= 0.6 is 11.6 Å². The number of aliphatic hydroxyl groups is 1. The van der Waals surface area contributed by atoms with E-state index in [-0.39, 0.29) is 12.6 Å². The van der Waals surface area contributed by atoms with Crippen molar-refractivity contribution in [2.45, 2.75) is 25.8 Å². The first-order chi connectivity index (χ1) is 8.77. The van der Waals surface area contributed by atoms with Crippen molar-refractivity contribution in [2.75, 3.05) is 31.3 Å². The second-order valence-electron chi connectivity index (χ2n) is 4.32. The Morgan fingerprint density at radius 1 is 1.56 bits per heavy atom. The largest absolute Gasteiger partial charge is 0.394 e. The van der Waals surface area contributed by atoms with Gasteiger partial charge in [-0.05, 0) is 6.42 Å². The molecule has 100 valence electrons. The van der Waals surface area contributed by atoms with E-state index in [1.54, 1.807) is 0 Å². The van der Waals surface area contributed by atoms with Crippen LogP contribution in [0.15, 0.2) is 6.33 Å². The molecule has 1 saturated heterocycles. The molecule has 1 aliphatic heterocycles. The van der Waals surface area contributed by atoms with Gasteiger partial charge in [-0.1, -0.05) is 24.9 Å². The Bertz CT molecular complexity index is 403. The molecule has 1 unspecified atom stereocenters. The molecule has 1 N–H and O–H groups in total. The lowest BCUT2D eigenvalue weighted by Gasteiger charge is -2.36. The van der Waals surface area contributed by atoms with E-state index in [0.717, 1.165) is 30.8 Å². The van der Waals surface area contributed by atoms with Crippen LogP contribution in [0.3, 0.4) is 0 Å². The van der Waals surface area contributed by atoms with E-state index in [2.05, 4.69) is 21.8 Å². The standard InChI is InChI=1S/C12H18ClN3O2/c1-2-3-10-11(13)14-8-15-12(10)16-4-5-18-7-9(16)6-17/h8-9,17H,2-7H2,1H3. The van der Waals surface area contributed by atoms with E-state index >= 15 is 0 Å². The zero-order valence-electron chi connectivity index (χ0n) is 10.5. The molecule has 1 aliphatic rings. The fourth-order valence-electron chi connectivity index (χ4n) is 2.18. The number of nitrogens with zero attached hydrogens (tertiary/aromatic N) is 3. The van der Waals surface area contributed by atoms with Crippen molar-refractivity contribution in [1.82, 2.24) is 9.97 Å². The van der Waals surface area contributed by atoms with Gasteiger partial charge in [0.15, 0.2) is 0 Å². The van der Waals surface area contributed by atoms with Gasteiger partial charge in [0, 0.05) is 12.1 Å². The van der Waals surface area contributed by atoms with Gasteiger partial charge in [-0.15, -0.1) is 0 Å². The maximum absolute atomic E-state index is 9.41. The zero-order chi connectivity index (χ0) is 13.0. The molecule has 0 bridgehead atoms. The first kappa shape index (κ1) is 13.5. The molecule has 18 heavy (non-hydrogen) atoms. The molecule has 6 heteroatoms. The summed E-state index contributed by atoms with van der Waals surface area (Å²) in [5, 5.41) is 9.92. The number of hydrogen-bond acceptors (Lipinski definition) is 5. The van der Waals surface area contributed by atoms with Crippen LogP contribution in [0.1, 0.15) is 18.9 Å². The Labute approximate surface area is 112 Å². The summed E-state index contributed by atoms with van der Waals surface area (Å²) in [6.45, 7) is 4.02. The monoisotopic (exact) mass is 271 g/mol. The molecule has 1 fully saturated rings. The summed E-state index contributed by atoms with van der Waals surface area (Å²) >= 11 is 6.15. The van der Waals surface area contributed by atoms with E-state index in [4.69, 9.17) is 16.3 Å². The fourth-order valence-corrected chi connectivity index (χ4v) is 2.40.